The number of nitrogens with zero attached hydrogens (tertiary/aromatic N) is 4. The average molecular weight is 299 g/mol. The van der Waals surface area contributed by atoms with Crippen molar-refractivity contribution in [3.05, 3.63) is 53.2 Å². The predicted molar refractivity (Wildman–Crippen MR) is 80.5 cm³/mol. The highest BCUT2D eigenvalue weighted by Gasteiger charge is 2.09. The summed E-state index contributed by atoms with van der Waals surface area (Å²) >= 11 is 5.30. The van der Waals surface area contributed by atoms with Crippen molar-refractivity contribution >= 4 is 12.2 Å². The summed E-state index contributed by atoms with van der Waals surface area (Å²) in [7, 11) is 1.59. The SMILES string of the molecule is COc1ccc(Cn2c(-c3cccnc3)n[nH]c2=S)cn1. The van der Waals surface area contributed by atoms with E-state index < -0.39 is 0 Å². The molecule has 3 aromatic rings. The van der Waals surface area contributed by atoms with Crippen molar-refractivity contribution in [1.82, 2.24) is 24.7 Å². The second-order valence-electron chi connectivity index (χ2n) is 4.39. The number of aromatic nitrogens is 5. The number of pyridine rings is 2. The third-order valence-electron chi connectivity index (χ3n) is 3.03. The maximum atomic E-state index is 5.30. The fraction of sp³-hybridized carbons (Fsp3) is 0.143. The van der Waals surface area contributed by atoms with Gasteiger partial charge < -0.3 is 4.74 Å². The van der Waals surface area contributed by atoms with E-state index in [0.717, 1.165) is 17.0 Å². The van der Waals surface area contributed by atoms with Crippen LogP contribution in [0.4, 0.5) is 0 Å². The number of aromatic amines is 1. The van der Waals surface area contributed by atoms with E-state index in [1.807, 2.05) is 28.8 Å². The standard InChI is InChI=1S/C14H13N5OS/c1-20-12-5-4-10(7-16-12)9-19-13(17-18-14(19)21)11-3-2-6-15-8-11/h2-8H,9H2,1H3,(H,18,21). The first-order chi connectivity index (χ1) is 10.3. The zero-order valence-electron chi connectivity index (χ0n) is 11.4. The summed E-state index contributed by atoms with van der Waals surface area (Å²) in [5, 5.41) is 7.10. The summed E-state index contributed by atoms with van der Waals surface area (Å²) in [4.78, 5) is 8.31. The Balaban J connectivity index is 1.95. The zero-order chi connectivity index (χ0) is 14.7. The third kappa shape index (κ3) is 2.82. The first-order valence-corrected chi connectivity index (χ1v) is 6.73. The molecule has 0 unspecified atom stereocenters. The summed E-state index contributed by atoms with van der Waals surface area (Å²) < 4.78 is 7.53. The number of hydrogen-bond acceptors (Lipinski definition) is 5. The highest BCUT2D eigenvalue weighted by molar-refractivity contribution is 7.71. The molecule has 21 heavy (non-hydrogen) atoms. The van der Waals surface area contributed by atoms with Gasteiger partial charge in [-0.3, -0.25) is 14.6 Å². The Bertz CT molecular complexity index is 779. The van der Waals surface area contributed by atoms with Gasteiger partial charge in [0.05, 0.1) is 13.7 Å². The predicted octanol–water partition coefficient (Wildman–Crippen LogP) is 2.45. The molecule has 0 atom stereocenters. The fourth-order valence-electron chi connectivity index (χ4n) is 1.99. The molecular formula is C14H13N5OS. The number of nitrogens with one attached hydrogen (secondary N) is 1. The van der Waals surface area contributed by atoms with E-state index in [2.05, 4.69) is 20.2 Å². The van der Waals surface area contributed by atoms with Crippen molar-refractivity contribution in [2.75, 3.05) is 7.11 Å². The molecule has 0 fully saturated rings. The Labute approximate surface area is 126 Å². The number of hydrogen-bond donors (Lipinski definition) is 1. The molecule has 6 nitrogen and oxygen atoms in total. The highest BCUT2D eigenvalue weighted by atomic mass is 32.1. The normalized spacial score (nSPS) is 10.5. The van der Waals surface area contributed by atoms with Crippen LogP contribution in [0.15, 0.2) is 42.9 Å². The van der Waals surface area contributed by atoms with Gasteiger partial charge in [-0.15, -0.1) is 0 Å². The van der Waals surface area contributed by atoms with Crippen LogP contribution in [0.5, 0.6) is 5.88 Å². The summed E-state index contributed by atoms with van der Waals surface area (Å²) in [6, 6.07) is 7.59. The minimum absolute atomic E-state index is 0.560. The maximum Gasteiger partial charge on any atom is 0.212 e. The smallest absolute Gasteiger partial charge is 0.212 e. The van der Waals surface area contributed by atoms with E-state index in [1.54, 1.807) is 25.7 Å². The van der Waals surface area contributed by atoms with E-state index in [1.165, 1.54) is 0 Å². The quantitative estimate of drug-likeness (QED) is 0.749. The van der Waals surface area contributed by atoms with Gasteiger partial charge in [-0.05, 0) is 29.9 Å². The molecule has 106 valence electrons. The van der Waals surface area contributed by atoms with Gasteiger partial charge in [0.25, 0.3) is 0 Å². The van der Waals surface area contributed by atoms with Crippen LogP contribution in [0, 0.1) is 4.77 Å². The van der Waals surface area contributed by atoms with Crippen molar-refractivity contribution in [3.8, 4) is 17.3 Å². The Morgan fingerprint density at radius 1 is 1.29 bits per heavy atom. The van der Waals surface area contributed by atoms with Crippen LogP contribution in [-0.4, -0.2) is 31.8 Å². The van der Waals surface area contributed by atoms with E-state index in [9.17, 15) is 0 Å². The Hall–Kier alpha value is -2.54. The molecule has 0 bridgehead atoms. The second kappa shape index (κ2) is 5.84. The largest absolute Gasteiger partial charge is 0.481 e. The van der Waals surface area contributed by atoms with Crippen molar-refractivity contribution in [2.45, 2.75) is 6.54 Å². The number of methoxy groups -OCH3 is 1. The van der Waals surface area contributed by atoms with Crippen molar-refractivity contribution in [1.29, 1.82) is 0 Å². The minimum Gasteiger partial charge on any atom is -0.481 e. The van der Waals surface area contributed by atoms with Crippen LogP contribution in [0.25, 0.3) is 11.4 Å². The molecule has 0 aliphatic heterocycles. The molecule has 3 heterocycles. The molecule has 0 saturated heterocycles. The lowest BCUT2D eigenvalue weighted by Gasteiger charge is -2.07. The lowest BCUT2D eigenvalue weighted by molar-refractivity contribution is 0.397. The van der Waals surface area contributed by atoms with Gasteiger partial charge in [0, 0.05) is 30.2 Å². The molecule has 7 heteroatoms. The van der Waals surface area contributed by atoms with Gasteiger partial charge in [-0.1, -0.05) is 6.07 Å². The Morgan fingerprint density at radius 2 is 2.19 bits per heavy atom. The summed E-state index contributed by atoms with van der Waals surface area (Å²) in [6.07, 6.45) is 5.25. The molecule has 0 saturated carbocycles. The van der Waals surface area contributed by atoms with Gasteiger partial charge >= 0.3 is 0 Å². The molecule has 1 N–H and O–H groups in total. The van der Waals surface area contributed by atoms with Gasteiger partial charge in [-0.2, -0.15) is 5.10 Å². The lowest BCUT2D eigenvalue weighted by atomic mass is 10.2. The van der Waals surface area contributed by atoms with Crippen molar-refractivity contribution in [3.63, 3.8) is 0 Å². The lowest BCUT2D eigenvalue weighted by Crippen LogP contribution is -2.03. The molecule has 0 radical (unpaired) electrons. The van der Waals surface area contributed by atoms with E-state index in [0.29, 0.717) is 17.2 Å². The van der Waals surface area contributed by atoms with Crippen LogP contribution < -0.4 is 4.74 Å². The molecular weight excluding hydrogens is 286 g/mol. The summed E-state index contributed by atoms with van der Waals surface area (Å²) in [6.45, 7) is 0.580. The number of rotatable bonds is 4. The van der Waals surface area contributed by atoms with E-state index >= 15 is 0 Å². The second-order valence-corrected chi connectivity index (χ2v) is 4.78. The zero-order valence-corrected chi connectivity index (χ0v) is 12.2. The molecule has 0 aliphatic carbocycles. The monoisotopic (exact) mass is 299 g/mol. The van der Waals surface area contributed by atoms with Crippen LogP contribution in [-0.2, 0) is 6.54 Å². The molecule has 0 amide bonds. The number of ether oxygens (including phenoxy) is 1. The first-order valence-electron chi connectivity index (χ1n) is 6.32. The first kappa shape index (κ1) is 13.4. The molecule has 0 aliphatic rings. The van der Waals surface area contributed by atoms with Gasteiger partial charge in [-0.25, -0.2) is 4.98 Å². The molecule has 3 rings (SSSR count). The van der Waals surface area contributed by atoms with E-state index in [4.69, 9.17) is 17.0 Å². The van der Waals surface area contributed by atoms with Crippen LogP contribution in [0.2, 0.25) is 0 Å². The average Bonchev–Trinajstić information content (AvgIpc) is 2.90. The molecule has 3 aromatic heterocycles. The van der Waals surface area contributed by atoms with Crippen molar-refractivity contribution in [2.24, 2.45) is 0 Å². The van der Waals surface area contributed by atoms with Gasteiger partial charge in [0.2, 0.25) is 5.88 Å². The third-order valence-corrected chi connectivity index (χ3v) is 3.34. The Kier molecular flexibility index (Phi) is 3.74. The van der Waals surface area contributed by atoms with Gasteiger partial charge in [0.1, 0.15) is 0 Å². The minimum atomic E-state index is 0.560. The Morgan fingerprint density at radius 3 is 2.86 bits per heavy atom. The van der Waals surface area contributed by atoms with E-state index in [-0.39, 0.29) is 0 Å². The number of H-pyrrole nitrogens is 1. The molecule has 0 spiro atoms. The fourth-order valence-corrected chi connectivity index (χ4v) is 2.18. The van der Waals surface area contributed by atoms with Gasteiger partial charge in [0.15, 0.2) is 10.6 Å². The molecule has 0 aromatic carbocycles. The van der Waals surface area contributed by atoms with Crippen LogP contribution >= 0.6 is 12.2 Å². The topological polar surface area (TPSA) is 68.6 Å². The van der Waals surface area contributed by atoms with Crippen LogP contribution in [0.3, 0.4) is 0 Å². The van der Waals surface area contributed by atoms with Crippen LogP contribution in [0.1, 0.15) is 5.56 Å². The van der Waals surface area contributed by atoms with Crippen molar-refractivity contribution < 1.29 is 4.74 Å². The maximum absolute atomic E-state index is 5.30. The summed E-state index contributed by atoms with van der Waals surface area (Å²) in [5.41, 5.74) is 1.92. The summed E-state index contributed by atoms with van der Waals surface area (Å²) in [5.74, 6) is 1.34. The highest BCUT2D eigenvalue weighted by Crippen LogP contribution is 2.17.